The number of fused-ring (bicyclic) bond motifs is 1. The molecule has 0 amide bonds. The van der Waals surface area contributed by atoms with Crippen molar-refractivity contribution in [1.82, 2.24) is 0 Å². The van der Waals surface area contributed by atoms with E-state index in [1.54, 1.807) is 0 Å². The Labute approximate surface area is 137 Å². The zero-order chi connectivity index (χ0) is 14.4. The summed E-state index contributed by atoms with van der Waals surface area (Å²) < 4.78 is 55.6. The summed E-state index contributed by atoms with van der Waals surface area (Å²) in [5.74, 6) is -0.642. The molecule has 2 aromatic carbocycles. The zero-order valence-electron chi connectivity index (χ0n) is 10.3. The molecular formula is C10H8NNaO6S2. The van der Waals surface area contributed by atoms with Gasteiger partial charge in [-0.25, -0.2) is 22.0 Å². The molecule has 2 rings (SSSR count). The molecule has 0 aliphatic carbocycles. The molecular weight excluding hydrogens is 317 g/mol. The number of nitrogens with two attached hydrogens (primary N) is 1. The quantitative estimate of drug-likeness (QED) is 0.449. The fourth-order valence-corrected chi connectivity index (χ4v) is 3.00. The Kier molecular flexibility index (Phi) is 4.87. The monoisotopic (exact) mass is 325 g/mol. The summed E-state index contributed by atoms with van der Waals surface area (Å²) in [6.45, 7) is 0. The summed E-state index contributed by atoms with van der Waals surface area (Å²) in [6.07, 6.45) is 0. The van der Waals surface area contributed by atoms with Gasteiger partial charge in [-0.05, 0) is 17.5 Å². The van der Waals surface area contributed by atoms with E-state index in [1.807, 2.05) is 0 Å². The third-order valence-corrected chi connectivity index (χ3v) is 4.26. The van der Waals surface area contributed by atoms with Gasteiger partial charge < -0.3 is 9.66 Å². The molecule has 0 aliphatic rings. The Balaban J connectivity index is 0.00000200. The van der Waals surface area contributed by atoms with Crippen LogP contribution in [0.1, 0.15) is 0 Å². The van der Waals surface area contributed by atoms with Crippen LogP contribution in [0, 0.1) is 0 Å². The molecule has 3 N–H and O–H groups in total. The standard InChI is InChI=1S/C10H9NO6S2.Na/c11-18(13,14)7-4-6-2-1-3-9(19(15,16)17)10(6)8(12)5-7;/h1-5,12H,(H2,11,13,14)(H,15,16,17);/q;+1/p-1. The van der Waals surface area contributed by atoms with Crippen molar-refractivity contribution < 1.29 is 56.1 Å². The minimum absolute atomic E-state index is 0. The summed E-state index contributed by atoms with van der Waals surface area (Å²) in [5.41, 5.74) is 0. The van der Waals surface area contributed by atoms with E-state index in [9.17, 15) is 26.5 Å². The Morgan fingerprint density at radius 2 is 1.70 bits per heavy atom. The third kappa shape index (κ3) is 3.31. The van der Waals surface area contributed by atoms with Crippen LogP contribution in [-0.2, 0) is 20.1 Å². The average Bonchev–Trinajstić information content (AvgIpc) is 2.25. The topological polar surface area (TPSA) is 138 Å². The molecule has 0 aromatic heterocycles. The van der Waals surface area contributed by atoms with Crippen molar-refractivity contribution in [2.75, 3.05) is 0 Å². The van der Waals surface area contributed by atoms with Gasteiger partial charge in [0, 0.05) is 11.5 Å². The van der Waals surface area contributed by atoms with Crippen LogP contribution in [-0.4, -0.2) is 26.5 Å². The van der Waals surface area contributed by atoms with Crippen LogP contribution in [0.4, 0.5) is 0 Å². The van der Waals surface area contributed by atoms with Crippen LogP contribution >= 0.6 is 0 Å². The van der Waals surface area contributed by atoms with E-state index < -0.39 is 30.8 Å². The van der Waals surface area contributed by atoms with E-state index in [2.05, 4.69) is 0 Å². The largest absolute Gasteiger partial charge is 1.00 e. The molecule has 0 atom stereocenters. The first-order valence-corrected chi connectivity index (χ1v) is 7.80. The minimum Gasteiger partial charge on any atom is -0.744 e. The average molecular weight is 325 g/mol. The summed E-state index contributed by atoms with van der Waals surface area (Å²) in [5, 5.41) is 14.5. The maximum absolute atomic E-state index is 11.2. The van der Waals surface area contributed by atoms with Gasteiger partial charge in [0.15, 0.2) is 0 Å². The number of rotatable bonds is 2. The van der Waals surface area contributed by atoms with Crippen LogP contribution in [0.2, 0.25) is 0 Å². The van der Waals surface area contributed by atoms with Gasteiger partial charge in [-0.1, -0.05) is 12.1 Å². The Hall–Kier alpha value is -0.680. The summed E-state index contributed by atoms with van der Waals surface area (Å²) in [7, 11) is -8.84. The first-order valence-electron chi connectivity index (χ1n) is 4.85. The predicted octanol–water partition coefficient (Wildman–Crippen LogP) is -2.90. The molecule has 102 valence electrons. The molecule has 0 fully saturated rings. The number of phenols is 1. The Morgan fingerprint density at radius 1 is 1.10 bits per heavy atom. The molecule has 0 saturated carbocycles. The SMILES string of the molecule is NS(=O)(=O)c1cc(O)c2c(S(=O)(=O)[O-])cccc2c1.[Na+]. The molecule has 0 saturated heterocycles. The molecule has 0 aliphatic heterocycles. The molecule has 0 radical (unpaired) electrons. The van der Waals surface area contributed by atoms with Gasteiger partial charge in [-0.2, -0.15) is 0 Å². The molecule has 20 heavy (non-hydrogen) atoms. The van der Waals surface area contributed by atoms with Crippen molar-refractivity contribution in [2.24, 2.45) is 5.14 Å². The van der Waals surface area contributed by atoms with Crippen LogP contribution in [0.3, 0.4) is 0 Å². The molecule has 0 bridgehead atoms. The van der Waals surface area contributed by atoms with Gasteiger partial charge in [0.25, 0.3) is 0 Å². The number of benzene rings is 2. The third-order valence-electron chi connectivity index (χ3n) is 2.49. The number of hydrogen-bond donors (Lipinski definition) is 2. The molecule has 0 spiro atoms. The van der Waals surface area contributed by atoms with Crippen molar-refractivity contribution in [3.8, 4) is 5.75 Å². The van der Waals surface area contributed by atoms with Gasteiger partial charge >= 0.3 is 29.6 Å². The van der Waals surface area contributed by atoms with Crippen LogP contribution in [0.5, 0.6) is 5.75 Å². The number of phenolic OH excluding ortho intramolecular Hbond substituents is 1. The molecule has 10 heteroatoms. The summed E-state index contributed by atoms with van der Waals surface area (Å²) >= 11 is 0. The van der Waals surface area contributed by atoms with Crippen LogP contribution in [0.15, 0.2) is 40.1 Å². The van der Waals surface area contributed by atoms with E-state index in [-0.39, 0.29) is 45.2 Å². The molecule has 7 nitrogen and oxygen atoms in total. The molecule has 0 unspecified atom stereocenters. The molecule has 0 heterocycles. The normalized spacial score (nSPS) is 12.1. The van der Waals surface area contributed by atoms with Crippen molar-refractivity contribution in [1.29, 1.82) is 0 Å². The smallest absolute Gasteiger partial charge is 0.744 e. The van der Waals surface area contributed by atoms with E-state index in [0.29, 0.717) is 0 Å². The van der Waals surface area contributed by atoms with Crippen molar-refractivity contribution in [2.45, 2.75) is 9.79 Å². The zero-order valence-corrected chi connectivity index (χ0v) is 13.9. The van der Waals surface area contributed by atoms with E-state index in [1.165, 1.54) is 12.1 Å². The van der Waals surface area contributed by atoms with Gasteiger partial charge in [0.2, 0.25) is 10.0 Å². The summed E-state index contributed by atoms with van der Waals surface area (Å²) in [4.78, 5) is -0.999. The summed E-state index contributed by atoms with van der Waals surface area (Å²) in [6, 6.07) is 5.53. The van der Waals surface area contributed by atoms with E-state index >= 15 is 0 Å². The van der Waals surface area contributed by atoms with Crippen molar-refractivity contribution >= 4 is 30.9 Å². The number of hydrogen-bond acceptors (Lipinski definition) is 6. The molecule has 2 aromatic rings. The van der Waals surface area contributed by atoms with Crippen LogP contribution < -0.4 is 34.7 Å². The number of sulfonamides is 1. The van der Waals surface area contributed by atoms with Gasteiger partial charge in [0.05, 0.1) is 9.79 Å². The van der Waals surface area contributed by atoms with E-state index in [4.69, 9.17) is 5.14 Å². The van der Waals surface area contributed by atoms with Gasteiger partial charge in [-0.15, -0.1) is 0 Å². The predicted molar refractivity (Wildman–Crippen MR) is 64.9 cm³/mol. The number of primary sulfonamides is 1. The van der Waals surface area contributed by atoms with Gasteiger partial charge in [0.1, 0.15) is 15.9 Å². The first-order chi connectivity index (χ1) is 8.60. The second-order valence-corrected chi connectivity index (χ2v) is 6.71. The number of aromatic hydroxyl groups is 1. The second-order valence-electron chi connectivity index (χ2n) is 3.80. The van der Waals surface area contributed by atoms with Gasteiger partial charge in [-0.3, -0.25) is 0 Å². The second kappa shape index (κ2) is 5.60. The van der Waals surface area contributed by atoms with E-state index in [0.717, 1.165) is 18.2 Å². The Bertz CT molecular complexity index is 876. The maximum atomic E-state index is 11.2. The Morgan fingerprint density at radius 3 is 2.20 bits per heavy atom. The maximum Gasteiger partial charge on any atom is 1.00 e. The fraction of sp³-hybridized carbons (Fsp3) is 0. The first kappa shape index (κ1) is 17.4. The minimum atomic E-state index is -4.79. The van der Waals surface area contributed by atoms with Crippen molar-refractivity contribution in [3.63, 3.8) is 0 Å². The fourth-order valence-electron chi connectivity index (χ4n) is 1.72. The van der Waals surface area contributed by atoms with Crippen molar-refractivity contribution in [3.05, 3.63) is 30.3 Å². The van der Waals surface area contributed by atoms with Crippen LogP contribution in [0.25, 0.3) is 10.8 Å².